The molecule has 5 atom stereocenters. The lowest BCUT2D eigenvalue weighted by Crippen LogP contribution is -2.46. The lowest BCUT2D eigenvalue weighted by atomic mass is 9.74. The summed E-state index contributed by atoms with van der Waals surface area (Å²) >= 11 is 0. The van der Waals surface area contributed by atoms with Crippen molar-refractivity contribution in [3.63, 3.8) is 0 Å². The summed E-state index contributed by atoms with van der Waals surface area (Å²) < 4.78 is 16.8. The molecule has 4 rings (SSSR count). The summed E-state index contributed by atoms with van der Waals surface area (Å²) in [4.78, 5) is 26.9. The maximum Gasteiger partial charge on any atom is 0.230 e. The standard InChI is InChI=1S/C23H27NO6/c1-13(2)11-18-23-9-7-16(30-23)19(22(26)27)20(23)21(25)24(18)10-8-14-5-6-15(28-3)17(12-14)29-4/h5-7,9,12,16,18-20H,1,8,10-11H2,2-4H3,(H,26,27)/p-1/t16-,18-,19+,20-,23-/m1/s1. The Kier molecular flexibility index (Phi) is 5.10. The average Bonchev–Trinajstić information content (AvgIpc) is 3.35. The number of fused-ring (bicyclic) bond motifs is 1. The summed E-state index contributed by atoms with van der Waals surface area (Å²) in [6, 6.07) is 5.36. The predicted octanol–water partition coefficient (Wildman–Crippen LogP) is 1.11. The van der Waals surface area contributed by atoms with Crippen LogP contribution in [0.2, 0.25) is 0 Å². The topological polar surface area (TPSA) is 88.1 Å². The summed E-state index contributed by atoms with van der Waals surface area (Å²) in [7, 11) is 3.16. The van der Waals surface area contributed by atoms with Crippen molar-refractivity contribution in [3.8, 4) is 11.5 Å². The number of likely N-dealkylation sites (tertiary alicyclic amines) is 1. The highest BCUT2D eigenvalue weighted by Gasteiger charge is 2.69. The first-order valence-corrected chi connectivity index (χ1v) is 10.1. The van der Waals surface area contributed by atoms with Crippen molar-refractivity contribution in [2.45, 2.75) is 37.5 Å². The first kappa shape index (κ1) is 20.5. The van der Waals surface area contributed by atoms with Gasteiger partial charge in [-0.05, 0) is 37.5 Å². The molecule has 0 saturated carbocycles. The Morgan fingerprint density at radius 2 is 2.03 bits per heavy atom. The van der Waals surface area contributed by atoms with Gasteiger partial charge in [-0.1, -0.05) is 23.8 Å². The van der Waals surface area contributed by atoms with Crippen molar-refractivity contribution in [2.24, 2.45) is 11.8 Å². The highest BCUT2D eigenvalue weighted by molar-refractivity contribution is 5.91. The Morgan fingerprint density at radius 3 is 2.67 bits per heavy atom. The van der Waals surface area contributed by atoms with E-state index in [1.54, 1.807) is 25.2 Å². The number of benzene rings is 1. The molecule has 3 aliphatic heterocycles. The number of hydrogen-bond donors (Lipinski definition) is 0. The second-order valence-corrected chi connectivity index (χ2v) is 8.27. The third-order valence-corrected chi connectivity index (χ3v) is 6.44. The summed E-state index contributed by atoms with van der Waals surface area (Å²) in [5, 5.41) is 11.8. The number of ether oxygens (including phenoxy) is 3. The van der Waals surface area contributed by atoms with Gasteiger partial charge in [0, 0.05) is 18.4 Å². The molecule has 160 valence electrons. The van der Waals surface area contributed by atoms with Crippen LogP contribution in [0.15, 0.2) is 42.5 Å². The van der Waals surface area contributed by atoms with Gasteiger partial charge in [0.1, 0.15) is 5.60 Å². The van der Waals surface area contributed by atoms with Gasteiger partial charge in [0.15, 0.2) is 11.5 Å². The number of carbonyl (C=O) groups is 2. The van der Waals surface area contributed by atoms with Crippen molar-refractivity contribution in [1.82, 2.24) is 4.90 Å². The first-order chi connectivity index (χ1) is 14.3. The van der Waals surface area contributed by atoms with Crippen LogP contribution < -0.4 is 14.6 Å². The van der Waals surface area contributed by atoms with Crippen molar-refractivity contribution in [3.05, 3.63) is 48.1 Å². The van der Waals surface area contributed by atoms with E-state index in [0.29, 0.717) is 30.9 Å². The van der Waals surface area contributed by atoms with Crippen LogP contribution in [0, 0.1) is 11.8 Å². The van der Waals surface area contributed by atoms with E-state index in [1.165, 1.54) is 0 Å². The van der Waals surface area contributed by atoms with E-state index >= 15 is 0 Å². The van der Waals surface area contributed by atoms with Gasteiger partial charge in [0.25, 0.3) is 0 Å². The molecule has 30 heavy (non-hydrogen) atoms. The number of carboxylic acids is 1. The van der Waals surface area contributed by atoms with Gasteiger partial charge in [-0.3, -0.25) is 4.79 Å². The second-order valence-electron chi connectivity index (χ2n) is 8.27. The molecule has 0 aromatic heterocycles. The van der Waals surface area contributed by atoms with Crippen molar-refractivity contribution >= 4 is 11.9 Å². The quantitative estimate of drug-likeness (QED) is 0.595. The third-order valence-electron chi connectivity index (χ3n) is 6.44. The fourth-order valence-electron chi connectivity index (χ4n) is 5.14. The average molecular weight is 412 g/mol. The number of methoxy groups -OCH3 is 2. The molecule has 3 heterocycles. The number of carbonyl (C=O) groups excluding carboxylic acids is 2. The molecule has 0 aliphatic carbocycles. The van der Waals surface area contributed by atoms with E-state index in [-0.39, 0.29) is 11.9 Å². The SMILES string of the molecule is C=C(C)C[C@H]1N(CCc2ccc(OC)c(OC)c2)C(=O)[C@H]2[C@@H](C(=O)[O-])[C@H]3C=C[C@]21O3. The molecule has 1 aromatic rings. The molecule has 1 aromatic carbocycles. The zero-order chi connectivity index (χ0) is 21.6. The van der Waals surface area contributed by atoms with Crippen LogP contribution in [0.1, 0.15) is 18.9 Å². The fraction of sp³-hybridized carbons (Fsp3) is 0.478. The molecule has 0 unspecified atom stereocenters. The Labute approximate surface area is 175 Å². The Morgan fingerprint density at radius 1 is 1.30 bits per heavy atom. The van der Waals surface area contributed by atoms with E-state index in [9.17, 15) is 14.7 Å². The Balaban J connectivity index is 1.61. The largest absolute Gasteiger partial charge is 0.550 e. The smallest absolute Gasteiger partial charge is 0.230 e. The van der Waals surface area contributed by atoms with Gasteiger partial charge in [-0.15, -0.1) is 6.58 Å². The van der Waals surface area contributed by atoms with Crippen molar-refractivity contribution < 1.29 is 28.9 Å². The van der Waals surface area contributed by atoms with Gasteiger partial charge in [-0.2, -0.15) is 0 Å². The molecule has 7 nitrogen and oxygen atoms in total. The minimum absolute atomic E-state index is 0.192. The van der Waals surface area contributed by atoms with E-state index < -0.39 is 29.5 Å². The predicted molar refractivity (Wildman–Crippen MR) is 107 cm³/mol. The molecule has 1 spiro atoms. The van der Waals surface area contributed by atoms with Gasteiger partial charge >= 0.3 is 0 Å². The van der Waals surface area contributed by atoms with Crippen LogP contribution in [-0.4, -0.2) is 55.3 Å². The number of hydrogen-bond acceptors (Lipinski definition) is 6. The van der Waals surface area contributed by atoms with Crippen molar-refractivity contribution in [1.29, 1.82) is 0 Å². The molecule has 2 bridgehead atoms. The van der Waals surface area contributed by atoms with Gasteiger partial charge in [0.2, 0.25) is 5.91 Å². The Bertz CT molecular complexity index is 924. The minimum Gasteiger partial charge on any atom is -0.550 e. The zero-order valence-electron chi connectivity index (χ0n) is 17.4. The monoisotopic (exact) mass is 412 g/mol. The van der Waals surface area contributed by atoms with E-state index in [4.69, 9.17) is 14.2 Å². The van der Waals surface area contributed by atoms with Gasteiger partial charge < -0.3 is 29.0 Å². The maximum absolute atomic E-state index is 13.4. The molecule has 0 N–H and O–H groups in total. The fourth-order valence-corrected chi connectivity index (χ4v) is 5.14. The van der Waals surface area contributed by atoms with Crippen LogP contribution in [0.25, 0.3) is 0 Å². The first-order valence-electron chi connectivity index (χ1n) is 10.1. The zero-order valence-corrected chi connectivity index (χ0v) is 17.4. The van der Waals surface area contributed by atoms with Crippen LogP contribution in [0.4, 0.5) is 0 Å². The highest BCUT2D eigenvalue weighted by atomic mass is 16.5. The molecule has 2 fully saturated rings. The third kappa shape index (κ3) is 2.99. The number of aliphatic carboxylic acids is 1. The second kappa shape index (κ2) is 7.47. The van der Waals surface area contributed by atoms with Crippen LogP contribution in [-0.2, 0) is 20.7 Å². The van der Waals surface area contributed by atoms with Crippen LogP contribution in [0.3, 0.4) is 0 Å². The van der Waals surface area contributed by atoms with Crippen LogP contribution in [0.5, 0.6) is 11.5 Å². The summed E-state index contributed by atoms with van der Waals surface area (Å²) in [6.07, 6.45) is 4.16. The molecular formula is C23H26NO6-. The minimum atomic E-state index is -1.24. The van der Waals surface area contributed by atoms with E-state index in [1.807, 2.05) is 31.2 Å². The molecule has 7 heteroatoms. The van der Waals surface area contributed by atoms with E-state index in [2.05, 4.69) is 6.58 Å². The summed E-state index contributed by atoms with van der Waals surface area (Å²) in [5.41, 5.74) is 0.973. The Hall–Kier alpha value is -2.80. The summed E-state index contributed by atoms with van der Waals surface area (Å²) in [5.74, 6) is -1.88. The number of rotatable bonds is 8. The van der Waals surface area contributed by atoms with E-state index in [0.717, 1.165) is 11.1 Å². The lowest BCUT2D eigenvalue weighted by Gasteiger charge is -2.33. The number of amides is 1. The van der Waals surface area contributed by atoms with Gasteiger partial charge in [-0.25, -0.2) is 0 Å². The molecule has 3 aliphatic rings. The highest BCUT2D eigenvalue weighted by Crippen LogP contribution is 2.55. The molecule has 0 radical (unpaired) electrons. The van der Waals surface area contributed by atoms with Crippen LogP contribution >= 0.6 is 0 Å². The normalized spacial score (nSPS) is 31.2. The maximum atomic E-state index is 13.4. The molecule has 2 saturated heterocycles. The number of nitrogens with zero attached hydrogens (tertiary/aromatic N) is 1. The number of carboxylic acid groups (broad SMARTS) is 1. The molecular weight excluding hydrogens is 386 g/mol. The molecule has 1 amide bonds. The summed E-state index contributed by atoms with van der Waals surface area (Å²) in [6.45, 7) is 6.35. The van der Waals surface area contributed by atoms with Crippen molar-refractivity contribution in [2.75, 3.05) is 20.8 Å². The van der Waals surface area contributed by atoms with Gasteiger partial charge in [0.05, 0.1) is 32.3 Å². The lowest BCUT2D eigenvalue weighted by molar-refractivity contribution is -0.313.